The van der Waals surface area contributed by atoms with Crippen molar-refractivity contribution in [2.75, 3.05) is 0 Å². The van der Waals surface area contributed by atoms with Crippen LogP contribution in [0.3, 0.4) is 0 Å². The number of aryl methyl sites for hydroxylation is 2. The molecule has 1 atom stereocenters. The largest absolute Gasteiger partial charge is 0.422 e. The fraction of sp³-hybridized carbons (Fsp3) is 0.125. The molecule has 0 aliphatic heterocycles. The number of aromatic nitrogens is 2. The predicted octanol–water partition coefficient (Wildman–Crippen LogP) is 5.54. The first-order valence-corrected chi connectivity index (χ1v) is 12.7. The van der Waals surface area contributed by atoms with Crippen molar-refractivity contribution in [1.29, 1.82) is 5.26 Å². The lowest BCUT2D eigenvalue weighted by Gasteiger charge is -2.28. The van der Waals surface area contributed by atoms with Crippen molar-refractivity contribution in [2.45, 2.75) is 19.3 Å². The average Bonchev–Trinajstić information content (AvgIpc) is 3.40. The summed E-state index contributed by atoms with van der Waals surface area (Å²) < 4.78 is 21.1. The Labute approximate surface area is 228 Å². The fourth-order valence-corrected chi connectivity index (χ4v) is 5.36. The normalized spacial score (nSPS) is 14.6. The summed E-state index contributed by atoms with van der Waals surface area (Å²) in [5.74, 6) is -1.63. The molecule has 3 heterocycles. The number of nitriles is 1. The van der Waals surface area contributed by atoms with Crippen LogP contribution < -0.4 is 10.9 Å². The molecule has 8 heteroatoms. The van der Waals surface area contributed by atoms with E-state index in [0.29, 0.717) is 39.2 Å². The summed E-state index contributed by atoms with van der Waals surface area (Å²) in [6.07, 6.45) is 3.42. The van der Waals surface area contributed by atoms with E-state index in [9.17, 15) is 19.2 Å². The molecule has 6 rings (SSSR count). The van der Waals surface area contributed by atoms with Crippen LogP contribution in [0.5, 0.6) is 0 Å². The number of allylic oxidation sites excluding steroid dienone is 2. The topological polar surface area (TPSA) is 101 Å². The van der Waals surface area contributed by atoms with Crippen molar-refractivity contribution in [1.82, 2.24) is 14.9 Å². The first-order valence-electron chi connectivity index (χ1n) is 12.7. The van der Waals surface area contributed by atoms with E-state index in [-0.39, 0.29) is 17.9 Å². The minimum Gasteiger partial charge on any atom is -0.422 e. The smallest absolute Gasteiger partial charge is 0.340 e. The predicted molar refractivity (Wildman–Crippen MR) is 148 cm³/mol. The van der Waals surface area contributed by atoms with Crippen molar-refractivity contribution in [3.05, 3.63) is 135 Å². The SMILES string of the molecule is Cc1cc(-c2ccc(C3C(C#N)=C(NC(=O)c4cccn4C)Cc4c3c(=O)oc3ccccc43)cc2)cnc1F. The van der Waals surface area contributed by atoms with Crippen LogP contribution in [0.25, 0.3) is 22.1 Å². The molecule has 196 valence electrons. The summed E-state index contributed by atoms with van der Waals surface area (Å²) in [5, 5.41) is 14.1. The first-order chi connectivity index (χ1) is 19.4. The number of pyridine rings is 1. The molecule has 2 aromatic carbocycles. The van der Waals surface area contributed by atoms with Gasteiger partial charge >= 0.3 is 5.63 Å². The molecular weight excluding hydrogens is 507 g/mol. The quantitative estimate of drug-likeness (QED) is 0.243. The molecule has 1 N–H and O–H groups in total. The maximum Gasteiger partial charge on any atom is 0.340 e. The molecule has 0 bridgehead atoms. The van der Waals surface area contributed by atoms with Crippen LogP contribution in [0, 0.1) is 24.2 Å². The van der Waals surface area contributed by atoms with E-state index in [1.54, 1.807) is 55.1 Å². The van der Waals surface area contributed by atoms with E-state index in [2.05, 4.69) is 16.4 Å². The van der Waals surface area contributed by atoms with Crippen LogP contribution >= 0.6 is 0 Å². The van der Waals surface area contributed by atoms with E-state index >= 15 is 0 Å². The standard InChI is InChI=1S/C32H23FN4O3/c1-18-14-21(17-35-30(18)33)19-9-11-20(12-10-19)28-24(16-34)25(36-31(38)26-7-5-13-37(26)2)15-23-22-6-3-4-8-27(22)40-32(39)29(23)28/h3-14,17,28H,15H2,1-2H3,(H,36,38). The van der Waals surface area contributed by atoms with Gasteiger partial charge in [-0.15, -0.1) is 0 Å². The van der Waals surface area contributed by atoms with E-state index in [4.69, 9.17) is 4.42 Å². The van der Waals surface area contributed by atoms with Gasteiger partial charge in [0.25, 0.3) is 5.91 Å². The zero-order valence-electron chi connectivity index (χ0n) is 21.7. The Bertz CT molecular complexity index is 1940. The number of nitrogens with one attached hydrogen (secondary N) is 1. The van der Waals surface area contributed by atoms with Crippen LogP contribution in [0.15, 0.2) is 99.6 Å². The second-order valence-corrected chi connectivity index (χ2v) is 9.80. The maximum absolute atomic E-state index is 13.7. The number of carbonyl (C=O) groups is 1. The van der Waals surface area contributed by atoms with Crippen molar-refractivity contribution < 1.29 is 13.6 Å². The molecule has 1 aliphatic carbocycles. The van der Waals surface area contributed by atoms with Gasteiger partial charge in [0, 0.05) is 48.1 Å². The number of nitrogens with zero attached hydrogens (tertiary/aromatic N) is 3. The Balaban J connectivity index is 1.51. The molecule has 1 aliphatic rings. The highest BCUT2D eigenvalue weighted by Gasteiger charge is 2.35. The summed E-state index contributed by atoms with van der Waals surface area (Å²) in [6.45, 7) is 1.65. The second-order valence-electron chi connectivity index (χ2n) is 9.80. The molecular formula is C32H23FN4O3. The van der Waals surface area contributed by atoms with Gasteiger partial charge < -0.3 is 14.3 Å². The molecule has 7 nitrogen and oxygen atoms in total. The Kier molecular flexibility index (Phi) is 6.12. The van der Waals surface area contributed by atoms with Crippen LogP contribution in [0.2, 0.25) is 0 Å². The average molecular weight is 531 g/mol. The Morgan fingerprint density at radius 3 is 2.60 bits per heavy atom. The summed E-state index contributed by atoms with van der Waals surface area (Å²) >= 11 is 0. The summed E-state index contributed by atoms with van der Waals surface area (Å²) in [6, 6.07) is 22.0. The molecule has 0 spiro atoms. The van der Waals surface area contributed by atoms with E-state index in [0.717, 1.165) is 16.5 Å². The van der Waals surface area contributed by atoms with E-state index < -0.39 is 17.5 Å². The van der Waals surface area contributed by atoms with Crippen molar-refractivity contribution in [3.8, 4) is 17.2 Å². The minimum atomic E-state index is -0.763. The number of hydrogen-bond donors (Lipinski definition) is 1. The third-order valence-electron chi connectivity index (χ3n) is 7.37. The molecule has 0 fully saturated rings. The third kappa shape index (κ3) is 4.18. The monoisotopic (exact) mass is 530 g/mol. The molecule has 5 aromatic rings. The second kappa shape index (κ2) is 9.79. The van der Waals surface area contributed by atoms with Gasteiger partial charge in [-0.2, -0.15) is 9.65 Å². The van der Waals surface area contributed by atoms with Gasteiger partial charge in [-0.1, -0.05) is 42.5 Å². The van der Waals surface area contributed by atoms with Gasteiger partial charge in [0.1, 0.15) is 11.3 Å². The Hall–Kier alpha value is -5.29. The van der Waals surface area contributed by atoms with Gasteiger partial charge in [0.15, 0.2) is 0 Å². The van der Waals surface area contributed by atoms with Crippen LogP contribution in [-0.4, -0.2) is 15.5 Å². The number of amides is 1. The van der Waals surface area contributed by atoms with E-state index in [1.807, 2.05) is 36.4 Å². The Morgan fingerprint density at radius 2 is 1.90 bits per heavy atom. The maximum atomic E-state index is 13.7. The first kappa shape index (κ1) is 25.0. The summed E-state index contributed by atoms with van der Waals surface area (Å²) in [5.41, 5.74) is 4.80. The zero-order chi connectivity index (χ0) is 28.0. The molecule has 40 heavy (non-hydrogen) atoms. The highest BCUT2D eigenvalue weighted by molar-refractivity contribution is 5.94. The van der Waals surface area contributed by atoms with Gasteiger partial charge in [-0.3, -0.25) is 4.79 Å². The van der Waals surface area contributed by atoms with Crippen LogP contribution in [0.4, 0.5) is 4.39 Å². The molecule has 0 saturated heterocycles. The van der Waals surface area contributed by atoms with E-state index in [1.165, 1.54) is 6.20 Å². The number of halogens is 1. The van der Waals surface area contributed by atoms with Crippen molar-refractivity contribution in [3.63, 3.8) is 0 Å². The molecule has 1 unspecified atom stereocenters. The van der Waals surface area contributed by atoms with Gasteiger partial charge in [-0.05, 0) is 47.9 Å². The lowest BCUT2D eigenvalue weighted by atomic mass is 9.76. The lowest BCUT2D eigenvalue weighted by molar-refractivity contribution is 0.0956. The Morgan fingerprint density at radius 1 is 1.12 bits per heavy atom. The highest BCUT2D eigenvalue weighted by atomic mass is 19.1. The van der Waals surface area contributed by atoms with Crippen molar-refractivity contribution >= 4 is 16.9 Å². The number of benzene rings is 2. The molecule has 0 saturated carbocycles. The van der Waals surface area contributed by atoms with Crippen LogP contribution in [-0.2, 0) is 13.5 Å². The number of fused-ring (bicyclic) bond motifs is 3. The summed E-state index contributed by atoms with van der Waals surface area (Å²) in [7, 11) is 1.77. The minimum absolute atomic E-state index is 0.190. The third-order valence-corrected chi connectivity index (χ3v) is 7.37. The summed E-state index contributed by atoms with van der Waals surface area (Å²) in [4.78, 5) is 30.4. The highest BCUT2D eigenvalue weighted by Crippen LogP contribution is 2.41. The number of para-hydroxylation sites is 1. The number of rotatable bonds is 4. The zero-order valence-corrected chi connectivity index (χ0v) is 21.7. The van der Waals surface area contributed by atoms with Crippen LogP contribution in [0.1, 0.15) is 38.7 Å². The molecule has 0 radical (unpaired) electrons. The van der Waals surface area contributed by atoms with Gasteiger partial charge in [0.2, 0.25) is 5.95 Å². The molecule has 3 aromatic heterocycles. The lowest BCUT2D eigenvalue weighted by Crippen LogP contribution is -2.32. The van der Waals surface area contributed by atoms with Gasteiger partial charge in [0.05, 0.1) is 23.1 Å². The molecule has 1 amide bonds. The fourth-order valence-electron chi connectivity index (χ4n) is 5.36. The van der Waals surface area contributed by atoms with Gasteiger partial charge in [-0.25, -0.2) is 9.78 Å². The van der Waals surface area contributed by atoms with Crippen molar-refractivity contribution in [2.24, 2.45) is 7.05 Å². The number of carbonyl (C=O) groups excluding carboxylic acids is 1. The number of hydrogen-bond acceptors (Lipinski definition) is 5.